The molecular weight excluding hydrogens is 282 g/mol. The van der Waals surface area contributed by atoms with Gasteiger partial charge in [-0.1, -0.05) is 36.4 Å². The molecule has 1 aromatic carbocycles. The van der Waals surface area contributed by atoms with Crippen molar-refractivity contribution in [2.75, 3.05) is 6.54 Å². The van der Waals surface area contributed by atoms with Crippen molar-refractivity contribution in [1.29, 1.82) is 0 Å². The number of aliphatic carboxylic acids is 1. The Morgan fingerprint density at radius 2 is 2.05 bits per heavy atom. The second-order valence-electron chi connectivity index (χ2n) is 5.94. The summed E-state index contributed by atoms with van der Waals surface area (Å²) in [5, 5.41) is 11.4. The Hall–Kier alpha value is -2.30. The molecule has 2 N–H and O–H groups in total. The predicted octanol–water partition coefficient (Wildman–Crippen LogP) is 3.24. The van der Waals surface area contributed by atoms with Crippen molar-refractivity contribution < 1.29 is 19.4 Å². The first-order chi connectivity index (χ1) is 10.3. The molecule has 0 aromatic heterocycles. The van der Waals surface area contributed by atoms with Gasteiger partial charge < -0.3 is 15.2 Å². The number of rotatable bonds is 6. The highest BCUT2D eigenvalue weighted by molar-refractivity contribution is 5.70. The zero-order valence-corrected chi connectivity index (χ0v) is 13.3. The van der Waals surface area contributed by atoms with Crippen molar-refractivity contribution in [2.45, 2.75) is 39.2 Å². The Morgan fingerprint density at radius 3 is 2.68 bits per heavy atom. The van der Waals surface area contributed by atoms with E-state index in [0.717, 1.165) is 11.1 Å². The minimum atomic E-state index is -0.845. The van der Waals surface area contributed by atoms with E-state index in [1.54, 1.807) is 6.07 Å². The van der Waals surface area contributed by atoms with Crippen LogP contribution in [0.3, 0.4) is 0 Å². The van der Waals surface area contributed by atoms with E-state index in [1.165, 1.54) is 0 Å². The zero-order valence-electron chi connectivity index (χ0n) is 13.3. The molecule has 0 unspecified atom stereocenters. The minimum Gasteiger partial charge on any atom is -0.481 e. The molecule has 0 spiro atoms. The van der Waals surface area contributed by atoms with Gasteiger partial charge in [0.05, 0.1) is 6.42 Å². The number of carbonyl (C=O) groups excluding carboxylic acids is 1. The average molecular weight is 305 g/mol. The molecule has 1 rings (SSSR count). The maximum Gasteiger partial charge on any atom is 0.407 e. The number of hydrogen-bond donors (Lipinski definition) is 2. The van der Waals surface area contributed by atoms with Gasteiger partial charge in [-0.2, -0.15) is 0 Å². The number of carboxylic acid groups (broad SMARTS) is 1. The summed E-state index contributed by atoms with van der Waals surface area (Å²) in [7, 11) is 0. The van der Waals surface area contributed by atoms with E-state index in [9.17, 15) is 9.59 Å². The van der Waals surface area contributed by atoms with Crippen molar-refractivity contribution in [3.63, 3.8) is 0 Å². The molecule has 1 amide bonds. The SMILES string of the molecule is CC(C)(C)OC(=O)NCCC=Cc1cccc(CC(=O)O)c1. The van der Waals surface area contributed by atoms with E-state index in [2.05, 4.69) is 5.32 Å². The van der Waals surface area contributed by atoms with Gasteiger partial charge in [0.15, 0.2) is 0 Å². The number of hydrogen-bond acceptors (Lipinski definition) is 3. The van der Waals surface area contributed by atoms with Crippen molar-refractivity contribution in [2.24, 2.45) is 0 Å². The van der Waals surface area contributed by atoms with E-state index in [1.807, 2.05) is 51.1 Å². The highest BCUT2D eigenvalue weighted by Crippen LogP contribution is 2.09. The Bertz CT molecular complexity index is 544. The van der Waals surface area contributed by atoms with Crippen LogP contribution in [-0.4, -0.2) is 29.3 Å². The molecule has 0 aliphatic rings. The van der Waals surface area contributed by atoms with Crippen LogP contribution in [0.5, 0.6) is 0 Å². The number of alkyl carbamates (subject to hydrolysis) is 1. The fraction of sp³-hybridized carbons (Fsp3) is 0.412. The predicted molar refractivity (Wildman–Crippen MR) is 85.7 cm³/mol. The quantitative estimate of drug-likeness (QED) is 0.791. The molecule has 0 atom stereocenters. The Morgan fingerprint density at radius 1 is 1.32 bits per heavy atom. The highest BCUT2D eigenvalue weighted by atomic mass is 16.6. The summed E-state index contributed by atoms with van der Waals surface area (Å²) < 4.78 is 5.13. The number of ether oxygens (including phenoxy) is 1. The third-order valence-corrected chi connectivity index (χ3v) is 2.60. The first-order valence-corrected chi connectivity index (χ1v) is 7.20. The molecular formula is C17H23NO4. The maximum absolute atomic E-state index is 11.4. The van der Waals surface area contributed by atoms with E-state index in [-0.39, 0.29) is 6.42 Å². The smallest absolute Gasteiger partial charge is 0.407 e. The molecule has 120 valence electrons. The van der Waals surface area contributed by atoms with Gasteiger partial charge in [-0.05, 0) is 38.3 Å². The lowest BCUT2D eigenvalue weighted by Gasteiger charge is -2.19. The number of carboxylic acids is 1. The molecule has 0 saturated heterocycles. The third kappa shape index (κ3) is 8.09. The normalized spacial score (nSPS) is 11.4. The molecule has 5 nitrogen and oxygen atoms in total. The molecule has 0 bridgehead atoms. The van der Waals surface area contributed by atoms with Gasteiger partial charge in [0.25, 0.3) is 0 Å². The lowest BCUT2D eigenvalue weighted by molar-refractivity contribution is -0.136. The van der Waals surface area contributed by atoms with Crippen LogP contribution >= 0.6 is 0 Å². The van der Waals surface area contributed by atoms with Crippen LogP contribution in [0.1, 0.15) is 38.3 Å². The molecule has 0 saturated carbocycles. The molecule has 22 heavy (non-hydrogen) atoms. The van der Waals surface area contributed by atoms with Gasteiger partial charge >= 0.3 is 12.1 Å². The summed E-state index contributed by atoms with van der Waals surface area (Å²) >= 11 is 0. The lowest BCUT2D eigenvalue weighted by atomic mass is 10.1. The van der Waals surface area contributed by atoms with E-state index in [0.29, 0.717) is 13.0 Å². The topological polar surface area (TPSA) is 75.6 Å². The number of amides is 1. The molecule has 5 heteroatoms. The van der Waals surface area contributed by atoms with Crippen molar-refractivity contribution in [3.8, 4) is 0 Å². The Labute approximate surface area is 131 Å². The first kappa shape index (κ1) is 17.8. The van der Waals surface area contributed by atoms with Gasteiger partial charge in [0, 0.05) is 6.54 Å². The second-order valence-corrected chi connectivity index (χ2v) is 5.94. The summed E-state index contributed by atoms with van der Waals surface area (Å²) in [6.45, 7) is 5.93. The summed E-state index contributed by atoms with van der Waals surface area (Å²) in [5.41, 5.74) is 1.21. The number of carbonyl (C=O) groups is 2. The monoisotopic (exact) mass is 305 g/mol. The first-order valence-electron chi connectivity index (χ1n) is 7.20. The molecule has 0 radical (unpaired) electrons. The van der Waals surface area contributed by atoms with Crippen LogP contribution in [-0.2, 0) is 16.0 Å². The number of nitrogens with one attached hydrogen (secondary N) is 1. The van der Waals surface area contributed by atoms with E-state index >= 15 is 0 Å². The van der Waals surface area contributed by atoms with Crippen LogP contribution < -0.4 is 5.32 Å². The summed E-state index contributed by atoms with van der Waals surface area (Å²) in [6.07, 6.45) is 4.09. The molecule has 0 fully saturated rings. The largest absolute Gasteiger partial charge is 0.481 e. The van der Waals surface area contributed by atoms with Crippen molar-refractivity contribution in [1.82, 2.24) is 5.32 Å². The van der Waals surface area contributed by atoms with E-state index < -0.39 is 17.7 Å². The van der Waals surface area contributed by atoms with Crippen LogP contribution in [0.2, 0.25) is 0 Å². The van der Waals surface area contributed by atoms with Crippen LogP contribution in [0, 0.1) is 0 Å². The fourth-order valence-electron chi connectivity index (χ4n) is 1.77. The van der Waals surface area contributed by atoms with Gasteiger partial charge in [-0.15, -0.1) is 0 Å². The van der Waals surface area contributed by atoms with Gasteiger partial charge in [0.1, 0.15) is 5.60 Å². The molecule has 0 heterocycles. The standard InChI is InChI=1S/C17H23NO4/c1-17(2,3)22-16(21)18-10-5-4-7-13-8-6-9-14(11-13)12-15(19)20/h4,6-9,11H,5,10,12H2,1-3H3,(H,18,21)(H,19,20). The van der Waals surface area contributed by atoms with Crippen LogP contribution in [0.4, 0.5) is 4.79 Å². The van der Waals surface area contributed by atoms with Crippen LogP contribution in [0.25, 0.3) is 6.08 Å². The van der Waals surface area contributed by atoms with Gasteiger partial charge in [0.2, 0.25) is 0 Å². The molecule has 0 aliphatic carbocycles. The third-order valence-electron chi connectivity index (χ3n) is 2.60. The van der Waals surface area contributed by atoms with E-state index in [4.69, 9.17) is 9.84 Å². The van der Waals surface area contributed by atoms with Crippen molar-refractivity contribution >= 4 is 18.1 Å². The summed E-state index contributed by atoms with van der Waals surface area (Å²) in [4.78, 5) is 22.1. The Balaban J connectivity index is 2.37. The Kier molecular flexibility index (Phi) is 6.63. The summed E-state index contributed by atoms with van der Waals surface area (Å²) in [6, 6.07) is 7.36. The number of benzene rings is 1. The summed E-state index contributed by atoms with van der Waals surface area (Å²) in [5.74, 6) is -0.845. The highest BCUT2D eigenvalue weighted by Gasteiger charge is 2.15. The lowest BCUT2D eigenvalue weighted by Crippen LogP contribution is -2.32. The van der Waals surface area contributed by atoms with Crippen molar-refractivity contribution in [3.05, 3.63) is 41.5 Å². The molecule has 1 aromatic rings. The van der Waals surface area contributed by atoms with Gasteiger partial charge in [-0.25, -0.2) is 4.79 Å². The molecule has 0 aliphatic heterocycles. The fourth-order valence-corrected chi connectivity index (χ4v) is 1.77. The average Bonchev–Trinajstić information content (AvgIpc) is 2.35. The minimum absolute atomic E-state index is 0.0158. The maximum atomic E-state index is 11.4. The van der Waals surface area contributed by atoms with Crippen LogP contribution in [0.15, 0.2) is 30.3 Å². The van der Waals surface area contributed by atoms with Gasteiger partial charge in [-0.3, -0.25) is 4.79 Å². The second kappa shape index (κ2) is 8.22. The zero-order chi connectivity index (χ0) is 16.6.